The van der Waals surface area contributed by atoms with Crippen LogP contribution in [0.25, 0.3) is 0 Å². The van der Waals surface area contributed by atoms with Crippen molar-refractivity contribution in [2.45, 2.75) is 64.1 Å². The molecule has 0 unspecified atom stereocenters. The molecule has 0 heterocycles. The van der Waals surface area contributed by atoms with Crippen LogP contribution in [0.2, 0.25) is 5.02 Å². The van der Waals surface area contributed by atoms with E-state index in [0.717, 1.165) is 42.6 Å². The van der Waals surface area contributed by atoms with Crippen LogP contribution in [0.1, 0.15) is 50.2 Å². The lowest BCUT2D eigenvalue weighted by Gasteiger charge is -2.31. The number of hydrogen-bond donors (Lipinski definition) is 1. The van der Waals surface area contributed by atoms with Gasteiger partial charge < -0.3 is 15.0 Å². The number of halogens is 1. The number of benzene rings is 2. The van der Waals surface area contributed by atoms with Crippen LogP contribution < -0.4 is 10.1 Å². The lowest BCUT2D eigenvalue weighted by molar-refractivity contribution is -0.141. The Morgan fingerprint density at radius 2 is 1.90 bits per heavy atom. The molecule has 2 aromatic rings. The molecule has 166 valence electrons. The summed E-state index contributed by atoms with van der Waals surface area (Å²) in [6, 6.07) is 14.6. The Labute approximate surface area is 189 Å². The average Bonchev–Trinajstić information content (AvgIpc) is 3.28. The molecule has 1 saturated carbocycles. The van der Waals surface area contributed by atoms with Crippen molar-refractivity contribution in [3.8, 4) is 5.75 Å². The van der Waals surface area contributed by atoms with Crippen LogP contribution in [-0.4, -0.2) is 35.9 Å². The van der Waals surface area contributed by atoms with Crippen molar-refractivity contribution in [2.75, 3.05) is 7.11 Å². The zero-order chi connectivity index (χ0) is 22.2. The monoisotopic (exact) mass is 442 g/mol. The number of amides is 2. The molecule has 1 N–H and O–H groups in total. The van der Waals surface area contributed by atoms with Crippen molar-refractivity contribution >= 4 is 23.4 Å². The SMILES string of the molecule is CC[C@@H](C(=O)NC1CCCC1)N(Cc1cccc(OC)c1)C(=O)Cc1ccccc1Cl. The highest BCUT2D eigenvalue weighted by Gasteiger charge is 2.30. The van der Waals surface area contributed by atoms with E-state index in [4.69, 9.17) is 16.3 Å². The van der Waals surface area contributed by atoms with Gasteiger partial charge in [0.2, 0.25) is 11.8 Å². The maximum absolute atomic E-state index is 13.4. The molecule has 1 fully saturated rings. The van der Waals surface area contributed by atoms with E-state index in [1.807, 2.05) is 49.4 Å². The first-order chi connectivity index (χ1) is 15.0. The summed E-state index contributed by atoms with van der Waals surface area (Å²) in [5.41, 5.74) is 1.68. The van der Waals surface area contributed by atoms with E-state index < -0.39 is 6.04 Å². The van der Waals surface area contributed by atoms with Crippen molar-refractivity contribution in [3.05, 3.63) is 64.7 Å². The molecule has 0 aromatic heterocycles. The van der Waals surface area contributed by atoms with Crippen molar-refractivity contribution in [1.29, 1.82) is 0 Å². The van der Waals surface area contributed by atoms with E-state index in [-0.39, 0.29) is 24.3 Å². The Morgan fingerprint density at radius 3 is 2.58 bits per heavy atom. The third-order valence-electron chi connectivity index (χ3n) is 5.87. The molecule has 0 bridgehead atoms. The van der Waals surface area contributed by atoms with E-state index in [2.05, 4.69) is 5.32 Å². The van der Waals surface area contributed by atoms with Crippen LogP contribution in [0.4, 0.5) is 0 Å². The van der Waals surface area contributed by atoms with Gasteiger partial charge in [0.25, 0.3) is 0 Å². The highest BCUT2D eigenvalue weighted by molar-refractivity contribution is 6.31. The Balaban J connectivity index is 1.84. The molecule has 31 heavy (non-hydrogen) atoms. The fourth-order valence-electron chi connectivity index (χ4n) is 4.16. The van der Waals surface area contributed by atoms with Gasteiger partial charge in [0.05, 0.1) is 13.5 Å². The first-order valence-corrected chi connectivity index (χ1v) is 11.4. The third-order valence-corrected chi connectivity index (χ3v) is 6.24. The molecular formula is C25H31ClN2O3. The summed E-state index contributed by atoms with van der Waals surface area (Å²) in [6.07, 6.45) is 4.98. The minimum Gasteiger partial charge on any atom is -0.497 e. The number of nitrogens with zero attached hydrogens (tertiary/aromatic N) is 1. The molecule has 2 amide bonds. The van der Waals surface area contributed by atoms with Gasteiger partial charge in [-0.2, -0.15) is 0 Å². The number of nitrogens with one attached hydrogen (secondary N) is 1. The summed E-state index contributed by atoms with van der Waals surface area (Å²) in [5, 5.41) is 3.72. The summed E-state index contributed by atoms with van der Waals surface area (Å²) < 4.78 is 5.33. The van der Waals surface area contributed by atoms with Crippen LogP contribution in [0.15, 0.2) is 48.5 Å². The Bertz CT molecular complexity index is 896. The Hall–Kier alpha value is -2.53. The molecule has 0 radical (unpaired) electrons. The van der Waals surface area contributed by atoms with Gasteiger partial charge in [-0.25, -0.2) is 0 Å². The normalized spacial score (nSPS) is 14.8. The average molecular weight is 443 g/mol. The zero-order valence-electron chi connectivity index (χ0n) is 18.3. The van der Waals surface area contributed by atoms with Crippen molar-refractivity contribution in [1.82, 2.24) is 10.2 Å². The van der Waals surface area contributed by atoms with Gasteiger partial charge in [0.1, 0.15) is 11.8 Å². The third kappa shape index (κ3) is 6.23. The highest BCUT2D eigenvalue weighted by Crippen LogP contribution is 2.22. The molecule has 5 nitrogen and oxygen atoms in total. The van der Waals surface area contributed by atoms with E-state index >= 15 is 0 Å². The first kappa shape index (κ1) is 23.1. The summed E-state index contributed by atoms with van der Waals surface area (Å²) in [6.45, 7) is 2.28. The van der Waals surface area contributed by atoms with Crippen LogP contribution in [0, 0.1) is 0 Å². The minimum atomic E-state index is -0.540. The van der Waals surface area contributed by atoms with Gasteiger partial charge in [-0.1, -0.05) is 61.7 Å². The summed E-state index contributed by atoms with van der Waals surface area (Å²) in [5.74, 6) is 0.522. The molecule has 0 spiro atoms. The summed E-state index contributed by atoms with van der Waals surface area (Å²) in [7, 11) is 1.61. The fourth-order valence-corrected chi connectivity index (χ4v) is 4.36. The lowest BCUT2D eigenvalue weighted by atomic mass is 10.1. The maximum Gasteiger partial charge on any atom is 0.243 e. The molecule has 0 aliphatic heterocycles. The van der Waals surface area contributed by atoms with Gasteiger partial charge in [0.15, 0.2) is 0 Å². The van der Waals surface area contributed by atoms with Crippen molar-refractivity contribution < 1.29 is 14.3 Å². The molecule has 2 aromatic carbocycles. The summed E-state index contributed by atoms with van der Waals surface area (Å²) in [4.78, 5) is 28.3. The predicted molar refractivity (Wildman–Crippen MR) is 123 cm³/mol. The quantitative estimate of drug-likeness (QED) is 0.609. The molecule has 3 rings (SSSR count). The number of carbonyl (C=O) groups excluding carboxylic acids is 2. The van der Waals surface area contributed by atoms with Gasteiger partial charge >= 0.3 is 0 Å². The van der Waals surface area contributed by atoms with Crippen LogP contribution in [0.3, 0.4) is 0 Å². The van der Waals surface area contributed by atoms with E-state index in [9.17, 15) is 9.59 Å². The second-order valence-corrected chi connectivity index (χ2v) is 8.46. The molecule has 1 aliphatic rings. The second-order valence-electron chi connectivity index (χ2n) is 8.06. The van der Waals surface area contributed by atoms with Crippen molar-refractivity contribution in [2.24, 2.45) is 0 Å². The molecule has 6 heteroatoms. The number of carbonyl (C=O) groups is 2. The van der Waals surface area contributed by atoms with Crippen molar-refractivity contribution in [3.63, 3.8) is 0 Å². The maximum atomic E-state index is 13.4. The molecule has 0 saturated heterocycles. The van der Waals surface area contributed by atoms with E-state index in [0.29, 0.717) is 18.0 Å². The highest BCUT2D eigenvalue weighted by atomic mass is 35.5. The largest absolute Gasteiger partial charge is 0.497 e. The minimum absolute atomic E-state index is 0.0789. The number of rotatable bonds is 9. The van der Waals surface area contributed by atoms with Gasteiger partial charge in [-0.3, -0.25) is 9.59 Å². The van der Waals surface area contributed by atoms with E-state index in [1.165, 1.54) is 0 Å². The molecule has 1 aliphatic carbocycles. The fraction of sp³-hybridized carbons (Fsp3) is 0.440. The molecule has 1 atom stereocenters. The van der Waals surface area contributed by atoms with Crippen LogP contribution in [-0.2, 0) is 22.6 Å². The smallest absolute Gasteiger partial charge is 0.243 e. The number of hydrogen-bond acceptors (Lipinski definition) is 3. The Morgan fingerprint density at radius 1 is 1.16 bits per heavy atom. The Kier molecular flexibility index (Phi) is 8.35. The first-order valence-electron chi connectivity index (χ1n) is 11.0. The topological polar surface area (TPSA) is 58.6 Å². The standard InChI is InChI=1S/C25H31ClN2O3/c1-3-23(25(30)27-20-11-5-6-12-20)28(17-18-9-8-13-21(15-18)31-2)24(29)16-19-10-4-7-14-22(19)26/h4,7-10,13-15,20,23H,3,5-6,11-12,16-17H2,1-2H3,(H,27,30)/t23-/m0/s1. The number of ether oxygens (including phenoxy) is 1. The lowest BCUT2D eigenvalue weighted by Crippen LogP contribution is -2.51. The van der Waals surface area contributed by atoms with Gasteiger partial charge in [-0.05, 0) is 48.6 Å². The zero-order valence-corrected chi connectivity index (χ0v) is 19.0. The predicted octanol–water partition coefficient (Wildman–Crippen LogP) is 4.76. The van der Waals surface area contributed by atoms with Crippen LogP contribution >= 0.6 is 11.6 Å². The summed E-state index contributed by atoms with van der Waals surface area (Å²) >= 11 is 6.30. The molecular weight excluding hydrogens is 412 g/mol. The van der Waals surface area contributed by atoms with Gasteiger partial charge in [-0.15, -0.1) is 0 Å². The number of methoxy groups -OCH3 is 1. The van der Waals surface area contributed by atoms with Gasteiger partial charge in [0, 0.05) is 17.6 Å². The second kappa shape index (κ2) is 11.2. The van der Waals surface area contributed by atoms with E-state index in [1.54, 1.807) is 18.1 Å². The van der Waals surface area contributed by atoms with Crippen LogP contribution in [0.5, 0.6) is 5.75 Å².